The molecule has 7 heteroatoms. The van der Waals surface area contributed by atoms with Crippen LogP contribution in [0.15, 0.2) is 33.9 Å². The molecule has 2 aliphatic heterocycles. The molecule has 1 fully saturated rings. The molecular weight excluding hydrogens is 341 g/mol. The van der Waals surface area contributed by atoms with Crippen LogP contribution in [-0.4, -0.2) is 23.2 Å². The third kappa shape index (κ3) is 3.30. The minimum atomic E-state index is -0.261. The number of nitrogens with zero attached hydrogens (tertiary/aromatic N) is 1. The van der Waals surface area contributed by atoms with Crippen LogP contribution in [0.5, 0.6) is 0 Å². The van der Waals surface area contributed by atoms with E-state index in [0.717, 1.165) is 43.5 Å². The van der Waals surface area contributed by atoms with Crippen molar-refractivity contribution in [3.05, 3.63) is 47.4 Å². The maximum Gasteiger partial charge on any atom is 0.274 e. The van der Waals surface area contributed by atoms with Gasteiger partial charge in [-0.3, -0.25) is 4.79 Å². The fourth-order valence-corrected chi connectivity index (χ4v) is 4.65. The Bertz CT molecular complexity index is 773. The third-order valence-corrected chi connectivity index (χ3v) is 5.93. The quantitative estimate of drug-likeness (QED) is 0.874. The molecule has 132 valence electrons. The predicted molar refractivity (Wildman–Crippen MR) is 93.0 cm³/mol. The number of hydrogen-bond donors (Lipinski definition) is 2. The van der Waals surface area contributed by atoms with Gasteiger partial charge in [-0.05, 0) is 37.4 Å². The van der Waals surface area contributed by atoms with Crippen LogP contribution in [0.2, 0.25) is 0 Å². The van der Waals surface area contributed by atoms with Gasteiger partial charge in [0.2, 0.25) is 0 Å². The first-order valence-corrected chi connectivity index (χ1v) is 9.61. The second-order valence-electron chi connectivity index (χ2n) is 6.39. The van der Waals surface area contributed by atoms with E-state index in [1.165, 1.54) is 24.2 Å². The fraction of sp³-hybridized carbons (Fsp3) is 0.444. The van der Waals surface area contributed by atoms with E-state index in [9.17, 15) is 9.18 Å². The molecule has 3 heterocycles. The summed E-state index contributed by atoms with van der Waals surface area (Å²) >= 11 is 1.50. The largest absolute Gasteiger partial charge is 0.446 e. The van der Waals surface area contributed by atoms with Gasteiger partial charge in [-0.2, -0.15) is 0 Å². The Morgan fingerprint density at radius 3 is 3.12 bits per heavy atom. The van der Waals surface area contributed by atoms with Crippen LogP contribution in [0, 0.1) is 5.82 Å². The minimum Gasteiger partial charge on any atom is -0.446 e. The Morgan fingerprint density at radius 2 is 2.28 bits per heavy atom. The molecule has 1 saturated heterocycles. The summed E-state index contributed by atoms with van der Waals surface area (Å²) in [6.07, 6.45) is 5.26. The molecule has 0 bridgehead atoms. The monoisotopic (exact) mass is 361 g/mol. The Labute approximate surface area is 149 Å². The van der Waals surface area contributed by atoms with Gasteiger partial charge in [0.05, 0.1) is 12.1 Å². The summed E-state index contributed by atoms with van der Waals surface area (Å²) in [5, 5.41) is 6.39. The van der Waals surface area contributed by atoms with Crippen LogP contribution in [0.25, 0.3) is 0 Å². The van der Waals surface area contributed by atoms with Crippen LogP contribution in [0.4, 0.5) is 4.39 Å². The van der Waals surface area contributed by atoms with Gasteiger partial charge in [0, 0.05) is 10.6 Å². The van der Waals surface area contributed by atoms with E-state index in [2.05, 4.69) is 15.6 Å². The number of halogens is 1. The van der Waals surface area contributed by atoms with E-state index < -0.39 is 0 Å². The molecule has 0 saturated carbocycles. The highest BCUT2D eigenvalue weighted by atomic mass is 32.2. The topological polar surface area (TPSA) is 67.2 Å². The van der Waals surface area contributed by atoms with Crippen LogP contribution in [0.1, 0.15) is 59.6 Å². The van der Waals surface area contributed by atoms with Crippen LogP contribution in [0.3, 0.4) is 0 Å². The zero-order valence-electron chi connectivity index (χ0n) is 13.8. The molecule has 0 aliphatic carbocycles. The van der Waals surface area contributed by atoms with Gasteiger partial charge in [-0.25, -0.2) is 9.37 Å². The summed E-state index contributed by atoms with van der Waals surface area (Å²) in [6.45, 7) is 0.916. The third-order valence-electron chi connectivity index (χ3n) is 4.77. The highest BCUT2D eigenvalue weighted by Crippen LogP contribution is 2.38. The fourth-order valence-electron chi connectivity index (χ4n) is 3.51. The normalized spacial score (nSPS) is 23.1. The van der Waals surface area contributed by atoms with Gasteiger partial charge in [-0.1, -0.05) is 18.6 Å². The van der Waals surface area contributed by atoms with Crippen molar-refractivity contribution < 1.29 is 13.6 Å². The zero-order valence-corrected chi connectivity index (χ0v) is 14.6. The molecule has 1 aromatic carbocycles. The molecule has 5 nitrogen and oxygen atoms in total. The van der Waals surface area contributed by atoms with Crippen molar-refractivity contribution in [2.45, 2.75) is 42.7 Å². The summed E-state index contributed by atoms with van der Waals surface area (Å²) in [7, 11) is 0. The van der Waals surface area contributed by atoms with Gasteiger partial charge in [0.15, 0.2) is 17.8 Å². The molecule has 0 radical (unpaired) electrons. The van der Waals surface area contributed by atoms with Gasteiger partial charge in [0.25, 0.3) is 5.91 Å². The van der Waals surface area contributed by atoms with Gasteiger partial charge in [-0.15, -0.1) is 11.8 Å². The smallest absolute Gasteiger partial charge is 0.274 e. The number of fused-ring (bicyclic) bond motifs is 1. The second-order valence-corrected chi connectivity index (χ2v) is 7.49. The van der Waals surface area contributed by atoms with Crippen molar-refractivity contribution in [3.63, 3.8) is 0 Å². The lowest BCUT2D eigenvalue weighted by Crippen LogP contribution is -2.33. The van der Waals surface area contributed by atoms with E-state index in [-0.39, 0.29) is 23.8 Å². The second kappa shape index (κ2) is 7.17. The van der Waals surface area contributed by atoms with Crippen LogP contribution >= 0.6 is 11.8 Å². The number of benzene rings is 1. The lowest BCUT2D eigenvalue weighted by atomic mass is 10.0. The molecule has 2 unspecified atom stereocenters. The molecule has 2 N–H and O–H groups in total. The number of carbonyl (C=O) groups excluding carboxylic acids is 1. The molecule has 0 spiro atoms. The standard InChI is InChI=1S/C18H20FN3O2S/c19-12-5-3-4-11-13(7-9-25-17(11)12)22-18(23)15-16(24-10-21-15)14-6-1-2-8-20-14/h3-5,10,13-14,20H,1-2,6-9H2,(H,22,23). The maximum atomic E-state index is 14.0. The van der Waals surface area contributed by atoms with E-state index in [0.29, 0.717) is 16.3 Å². The molecule has 1 aromatic heterocycles. The Kier molecular flexibility index (Phi) is 4.76. The maximum absolute atomic E-state index is 14.0. The number of carbonyl (C=O) groups is 1. The number of oxazole rings is 1. The van der Waals surface area contributed by atoms with Gasteiger partial charge >= 0.3 is 0 Å². The average Bonchev–Trinajstić information content (AvgIpc) is 3.13. The van der Waals surface area contributed by atoms with Crippen molar-refractivity contribution in [1.29, 1.82) is 0 Å². The number of nitrogens with one attached hydrogen (secondary N) is 2. The molecule has 2 atom stereocenters. The number of hydrogen-bond acceptors (Lipinski definition) is 5. The average molecular weight is 361 g/mol. The number of amides is 1. The highest BCUT2D eigenvalue weighted by molar-refractivity contribution is 7.99. The van der Waals surface area contributed by atoms with Crippen molar-refractivity contribution in [2.24, 2.45) is 0 Å². The van der Waals surface area contributed by atoms with Crippen molar-refractivity contribution in [1.82, 2.24) is 15.6 Å². The summed E-state index contributed by atoms with van der Waals surface area (Å²) in [6, 6.07) is 4.85. The number of aromatic nitrogens is 1. The highest BCUT2D eigenvalue weighted by Gasteiger charge is 2.29. The SMILES string of the molecule is O=C(NC1CCSc2c(F)cccc21)c1ncoc1C1CCCCN1. The summed E-state index contributed by atoms with van der Waals surface area (Å²) in [4.78, 5) is 17.5. The van der Waals surface area contributed by atoms with Gasteiger partial charge < -0.3 is 15.1 Å². The van der Waals surface area contributed by atoms with E-state index >= 15 is 0 Å². The molecule has 25 heavy (non-hydrogen) atoms. The molecule has 1 amide bonds. The summed E-state index contributed by atoms with van der Waals surface area (Å²) in [5.74, 6) is 0.884. The van der Waals surface area contributed by atoms with E-state index in [1.54, 1.807) is 6.07 Å². The molecule has 2 aromatic rings. The molecule has 4 rings (SSSR count). The summed E-state index contributed by atoms with van der Waals surface area (Å²) < 4.78 is 19.5. The first-order valence-electron chi connectivity index (χ1n) is 8.63. The molecule has 2 aliphatic rings. The zero-order chi connectivity index (χ0) is 17.2. The Hall–Kier alpha value is -1.86. The Balaban J connectivity index is 1.54. The lowest BCUT2D eigenvalue weighted by Gasteiger charge is -2.26. The van der Waals surface area contributed by atoms with Gasteiger partial charge in [0.1, 0.15) is 5.82 Å². The molecular formula is C18H20FN3O2S. The summed E-state index contributed by atoms with van der Waals surface area (Å²) in [5.41, 5.74) is 1.17. The van der Waals surface area contributed by atoms with E-state index in [1.807, 2.05) is 6.07 Å². The number of rotatable bonds is 3. The van der Waals surface area contributed by atoms with Crippen molar-refractivity contribution in [3.8, 4) is 0 Å². The van der Waals surface area contributed by atoms with Crippen LogP contribution < -0.4 is 10.6 Å². The first kappa shape index (κ1) is 16.6. The van der Waals surface area contributed by atoms with Crippen LogP contribution in [-0.2, 0) is 0 Å². The predicted octanol–water partition coefficient (Wildman–Crippen LogP) is 3.60. The van der Waals surface area contributed by atoms with Crippen molar-refractivity contribution in [2.75, 3.05) is 12.3 Å². The van der Waals surface area contributed by atoms with E-state index in [4.69, 9.17) is 4.42 Å². The Morgan fingerprint density at radius 1 is 1.36 bits per heavy atom. The lowest BCUT2D eigenvalue weighted by molar-refractivity contribution is 0.0926. The minimum absolute atomic E-state index is 0.0312. The first-order chi connectivity index (χ1) is 12.2. The number of piperidine rings is 1. The van der Waals surface area contributed by atoms with Crippen molar-refractivity contribution >= 4 is 17.7 Å². The number of thioether (sulfide) groups is 1.